The number of imide groups is 1. The number of alkyl carbamates (subject to hydrolysis) is 1. The molecule has 188 valence electrons. The second-order valence-corrected chi connectivity index (χ2v) is 11.5. The summed E-state index contributed by atoms with van der Waals surface area (Å²) in [5, 5.41) is 5.34. The first-order chi connectivity index (χ1) is 16.7. The maximum atomic E-state index is 13.0. The summed E-state index contributed by atoms with van der Waals surface area (Å²) >= 11 is 1.29. The lowest BCUT2D eigenvalue weighted by Crippen LogP contribution is -2.33. The molecule has 0 aliphatic carbocycles. The molecule has 12 heteroatoms. The van der Waals surface area contributed by atoms with Gasteiger partial charge in [0.25, 0.3) is 11.8 Å². The molecule has 0 spiro atoms. The summed E-state index contributed by atoms with van der Waals surface area (Å²) in [7, 11) is -1.61. The van der Waals surface area contributed by atoms with Crippen LogP contribution in [0.3, 0.4) is 0 Å². The highest BCUT2D eigenvalue weighted by Crippen LogP contribution is 2.37. The van der Waals surface area contributed by atoms with Crippen molar-refractivity contribution in [2.45, 2.75) is 37.6 Å². The average Bonchev–Trinajstić information content (AvgIpc) is 3.47. The molecular formula is C23H28N4O6S2. The largest absolute Gasteiger partial charge is 0.450 e. The van der Waals surface area contributed by atoms with Crippen molar-refractivity contribution < 1.29 is 27.5 Å². The lowest BCUT2D eigenvalue weighted by atomic mass is 10.0. The fraction of sp³-hybridized carbons (Fsp3) is 0.435. The Morgan fingerprint density at radius 1 is 1.06 bits per heavy atom. The maximum absolute atomic E-state index is 13.0. The molecule has 1 aromatic heterocycles. The number of nitrogens with zero attached hydrogens (tertiary/aromatic N) is 2. The molecule has 1 aromatic carbocycles. The van der Waals surface area contributed by atoms with Crippen molar-refractivity contribution in [3.63, 3.8) is 0 Å². The number of ether oxygens (including phenoxy) is 1. The molecule has 2 aromatic rings. The van der Waals surface area contributed by atoms with Crippen LogP contribution in [0.4, 0.5) is 9.80 Å². The van der Waals surface area contributed by atoms with E-state index < -0.39 is 27.9 Å². The van der Waals surface area contributed by atoms with Crippen LogP contribution in [0.15, 0.2) is 29.2 Å². The molecule has 10 nitrogen and oxygen atoms in total. The second-order valence-electron chi connectivity index (χ2n) is 8.46. The second kappa shape index (κ2) is 10.4. The number of sulfonamides is 1. The van der Waals surface area contributed by atoms with Gasteiger partial charge in [0.05, 0.1) is 17.1 Å². The highest BCUT2D eigenvalue weighted by molar-refractivity contribution is 7.89. The Kier molecular flexibility index (Phi) is 7.55. The zero-order chi connectivity index (χ0) is 25.2. The number of carbonyl (C=O) groups is 3. The molecule has 0 atom stereocenters. The van der Waals surface area contributed by atoms with Crippen LogP contribution in [-0.2, 0) is 27.7 Å². The van der Waals surface area contributed by atoms with E-state index in [0.29, 0.717) is 31.1 Å². The molecule has 1 fully saturated rings. The molecule has 0 bridgehead atoms. The van der Waals surface area contributed by atoms with Crippen LogP contribution in [0.25, 0.3) is 0 Å². The maximum Gasteiger partial charge on any atom is 0.414 e. The smallest absolute Gasteiger partial charge is 0.414 e. The van der Waals surface area contributed by atoms with E-state index in [2.05, 4.69) is 15.5 Å². The van der Waals surface area contributed by atoms with Crippen molar-refractivity contribution >= 4 is 44.3 Å². The van der Waals surface area contributed by atoms with Crippen LogP contribution < -0.4 is 10.6 Å². The number of benzene rings is 1. The number of carbonyl (C=O) groups excluding carboxylic acids is 3. The van der Waals surface area contributed by atoms with E-state index in [1.54, 1.807) is 6.92 Å². The van der Waals surface area contributed by atoms with Crippen molar-refractivity contribution in [1.82, 2.24) is 14.5 Å². The predicted octanol–water partition coefficient (Wildman–Crippen LogP) is 2.66. The van der Waals surface area contributed by atoms with Gasteiger partial charge < -0.3 is 15.0 Å². The van der Waals surface area contributed by atoms with Gasteiger partial charge in [-0.1, -0.05) is 0 Å². The molecule has 2 aliphatic rings. The number of hydrogen-bond acceptors (Lipinski definition) is 8. The number of amides is 3. The molecule has 4 rings (SSSR count). The van der Waals surface area contributed by atoms with Gasteiger partial charge in [0.15, 0.2) is 0 Å². The van der Waals surface area contributed by atoms with Crippen LogP contribution in [0, 0.1) is 0 Å². The van der Waals surface area contributed by atoms with Crippen molar-refractivity contribution in [2.24, 2.45) is 0 Å². The summed E-state index contributed by atoms with van der Waals surface area (Å²) in [6.45, 7) is 4.12. The molecule has 0 unspecified atom stereocenters. The Morgan fingerprint density at radius 2 is 1.74 bits per heavy atom. The van der Waals surface area contributed by atoms with Gasteiger partial charge in [-0.15, -0.1) is 11.3 Å². The molecule has 0 saturated carbocycles. The summed E-state index contributed by atoms with van der Waals surface area (Å²) in [6.07, 6.45) is 1.43. The monoisotopic (exact) mass is 520 g/mol. The number of nitrogens with one attached hydrogen (secondary N) is 2. The van der Waals surface area contributed by atoms with Gasteiger partial charge in [-0.05, 0) is 63.1 Å². The number of hydrogen-bond donors (Lipinski definition) is 2. The van der Waals surface area contributed by atoms with Crippen LogP contribution >= 0.6 is 11.3 Å². The Bertz CT molecular complexity index is 1230. The molecule has 3 heterocycles. The first-order valence-corrected chi connectivity index (χ1v) is 13.7. The summed E-state index contributed by atoms with van der Waals surface area (Å²) in [5.74, 6) is -1.11. The fourth-order valence-corrected chi connectivity index (χ4v) is 7.05. The number of rotatable bonds is 6. The third-order valence-corrected chi connectivity index (χ3v) is 9.06. The van der Waals surface area contributed by atoms with Gasteiger partial charge in [0, 0.05) is 36.6 Å². The molecule has 2 N–H and O–H groups in total. The number of thiophene rings is 1. The SMILES string of the molecule is CCOC(=O)NC(=O)c1c(NC(=O)c2ccc(S(=O)(=O)N3CCCC3)cc2)sc2c1CCN(C)C2. The molecular weight excluding hydrogens is 492 g/mol. The Hall–Kier alpha value is -2.80. The van der Waals surface area contributed by atoms with E-state index in [1.807, 2.05) is 7.05 Å². The zero-order valence-corrected chi connectivity index (χ0v) is 21.3. The molecule has 0 radical (unpaired) electrons. The first kappa shape index (κ1) is 25.3. The van der Waals surface area contributed by atoms with Crippen molar-refractivity contribution in [3.05, 3.63) is 45.8 Å². The normalized spacial score (nSPS) is 16.5. The zero-order valence-electron chi connectivity index (χ0n) is 19.6. The predicted molar refractivity (Wildman–Crippen MR) is 131 cm³/mol. The van der Waals surface area contributed by atoms with Crippen molar-refractivity contribution in [1.29, 1.82) is 0 Å². The van der Waals surface area contributed by atoms with Gasteiger partial charge in [-0.25, -0.2) is 13.2 Å². The summed E-state index contributed by atoms with van der Waals surface area (Å²) in [5.41, 5.74) is 1.32. The van der Waals surface area contributed by atoms with E-state index >= 15 is 0 Å². The van der Waals surface area contributed by atoms with Crippen LogP contribution in [0.2, 0.25) is 0 Å². The van der Waals surface area contributed by atoms with Gasteiger partial charge in [-0.2, -0.15) is 4.31 Å². The molecule has 1 saturated heterocycles. The topological polar surface area (TPSA) is 125 Å². The lowest BCUT2D eigenvalue weighted by molar-refractivity contribution is 0.0924. The fourth-order valence-electron chi connectivity index (χ4n) is 4.21. The minimum absolute atomic E-state index is 0.124. The minimum atomic E-state index is -3.58. The summed E-state index contributed by atoms with van der Waals surface area (Å²) < 4.78 is 31.8. The third-order valence-electron chi connectivity index (χ3n) is 6.01. The van der Waals surface area contributed by atoms with E-state index in [9.17, 15) is 22.8 Å². The van der Waals surface area contributed by atoms with Crippen LogP contribution in [0.1, 0.15) is 50.9 Å². The lowest BCUT2D eigenvalue weighted by Gasteiger charge is -2.22. The molecule has 35 heavy (non-hydrogen) atoms. The van der Waals surface area contributed by atoms with Crippen LogP contribution in [-0.4, -0.2) is 68.8 Å². The quantitative estimate of drug-likeness (QED) is 0.600. The Balaban J connectivity index is 1.57. The molecule has 2 aliphatic heterocycles. The van der Waals surface area contributed by atoms with Gasteiger partial charge >= 0.3 is 6.09 Å². The van der Waals surface area contributed by atoms with Crippen molar-refractivity contribution in [2.75, 3.05) is 38.6 Å². The number of likely N-dealkylation sites (N-methyl/N-ethyl adjacent to an activating group) is 1. The van der Waals surface area contributed by atoms with Gasteiger partial charge in [0.2, 0.25) is 10.0 Å². The average molecular weight is 521 g/mol. The third kappa shape index (κ3) is 5.40. The van der Waals surface area contributed by atoms with Gasteiger partial charge in [-0.3, -0.25) is 14.9 Å². The van der Waals surface area contributed by atoms with Crippen LogP contribution in [0.5, 0.6) is 0 Å². The first-order valence-electron chi connectivity index (χ1n) is 11.4. The van der Waals surface area contributed by atoms with E-state index in [0.717, 1.165) is 29.8 Å². The summed E-state index contributed by atoms with van der Waals surface area (Å²) in [6, 6.07) is 5.76. The highest BCUT2D eigenvalue weighted by Gasteiger charge is 2.30. The molecule has 3 amide bonds. The van der Waals surface area contributed by atoms with Gasteiger partial charge in [0.1, 0.15) is 5.00 Å². The van der Waals surface area contributed by atoms with Crippen molar-refractivity contribution in [3.8, 4) is 0 Å². The van der Waals surface area contributed by atoms with E-state index in [1.165, 1.54) is 39.9 Å². The Morgan fingerprint density at radius 3 is 2.40 bits per heavy atom. The number of fused-ring (bicyclic) bond motifs is 1. The summed E-state index contributed by atoms with van der Waals surface area (Å²) in [4.78, 5) is 41.0. The highest BCUT2D eigenvalue weighted by atomic mass is 32.2. The minimum Gasteiger partial charge on any atom is -0.450 e. The number of anilines is 1. The standard InChI is InChI=1S/C23H28N4O6S2/c1-3-33-23(30)25-21(29)19-17-10-13-26(2)14-18(17)34-22(19)24-20(28)15-6-8-16(9-7-15)35(31,32)27-11-4-5-12-27/h6-9H,3-5,10-14H2,1-2H3,(H,24,28)(H,25,29,30). The van der Waals surface area contributed by atoms with E-state index in [-0.39, 0.29) is 22.6 Å². The van der Waals surface area contributed by atoms with E-state index in [4.69, 9.17) is 4.74 Å². The Labute approximate surface area is 208 Å².